The lowest BCUT2D eigenvalue weighted by Crippen LogP contribution is -2.36. The van der Waals surface area contributed by atoms with Gasteiger partial charge >= 0.3 is 5.97 Å². The van der Waals surface area contributed by atoms with E-state index in [0.717, 1.165) is 12.1 Å². The smallest absolute Gasteiger partial charge is 0.353 e. The van der Waals surface area contributed by atoms with E-state index in [1.54, 1.807) is 0 Å². The van der Waals surface area contributed by atoms with E-state index in [1.165, 1.54) is 28.9 Å². The molecule has 12 heteroatoms. The summed E-state index contributed by atoms with van der Waals surface area (Å²) in [7, 11) is 0. The third-order valence-electron chi connectivity index (χ3n) is 4.52. The Hall–Kier alpha value is -4.61. The predicted molar refractivity (Wildman–Crippen MR) is 107 cm³/mol. The minimum Gasteiger partial charge on any atom is -0.477 e. The molecule has 0 spiro atoms. The van der Waals surface area contributed by atoms with E-state index >= 15 is 0 Å². The molecule has 5 N–H and O–H groups in total. The number of aromatic nitrogens is 3. The number of fused-ring (bicyclic) bond motifs is 1. The van der Waals surface area contributed by atoms with Crippen LogP contribution in [0.5, 0.6) is 0 Å². The molecule has 0 unspecified atom stereocenters. The molecular weight excluding hydrogens is 411 g/mol. The summed E-state index contributed by atoms with van der Waals surface area (Å²) in [5, 5.41) is 14.3. The van der Waals surface area contributed by atoms with Gasteiger partial charge in [-0.1, -0.05) is 6.07 Å². The Morgan fingerprint density at radius 2 is 1.97 bits per heavy atom. The van der Waals surface area contributed by atoms with Crippen LogP contribution in [0.2, 0.25) is 0 Å². The molecule has 4 rings (SSSR count). The minimum atomic E-state index is -1.26. The molecule has 0 bridgehead atoms. The number of hydrogen-bond acceptors (Lipinski definition) is 8. The van der Waals surface area contributed by atoms with Crippen LogP contribution in [0.3, 0.4) is 0 Å². The average molecular weight is 424 g/mol. The lowest BCUT2D eigenvalue weighted by molar-refractivity contribution is 0.0688. The van der Waals surface area contributed by atoms with E-state index in [-0.39, 0.29) is 40.8 Å². The number of nitrogen functional groups attached to an aromatic ring is 1. The molecule has 0 atom stereocenters. The molecule has 31 heavy (non-hydrogen) atoms. The topological polar surface area (TPSA) is 169 Å². The number of anilines is 3. The zero-order chi connectivity index (χ0) is 22.3. The molecule has 11 nitrogen and oxygen atoms in total. The summed E-state index contributed by atoms with van der Waals surface area (Å²) in [5.74, 6) is -2.58. The molecule has 0 aliphatic carbocycles. The third-order valence-corrected chi connectivity index (χ3v) is 4.52. The average Bonchev–Trinajstić information content (AvgIpc) is 3.24. The van der Waals surface area contributed by atoms with Crippen molar-refractivity contribution in [3.8, 4) is 0 Å². The van der Waals surface area contributed by atoms with Gasteiger partial charge in [-0.25, -0.2) is 19.2 Å². The first kappa shape index (κ1) is 19.7. The van der Waals surface area contributed by atoms with Crippen LogP contribution in [0.25, 0.3) is 5.78 Å². The fraction of sp³-hybridized carbons (Fsp3) is 0.0526. The predicted octanol–water partition coefficient (Wildman–Crippen LogP) is 0.418. The van der Waals surface area contributed by atoms with E-state index in [2.05, 4.69) is 20.6 Å². The van der Waals surface area contributed by atoms with Crippen molar-refractivity contribution in [3.63, 3.8) is 0 Å². The van der Waals surface area contributed by atoms with Crippen molar-refractivity contribution in [3.05, 3.63) is 79.9 Å². The van der Waals surface area contributed by atoms with Crippen LogP contribution >= 0.6 is 0 Å². The number of nitrogens with zero attached hydrogens (tertiary/aromatic N) is 3. The number of carbonyl (C=O) groups excluding carboxylic acids is 1. The van der Waals surface area contributed by atoms with Crippen molar-refractivity contribution >= 4 is 34.7 Å². The van der Waals surface area contributed by atoms with Crippen molar-refractivity contribution in [1.29, 1.82) is 0 Å². The van der Waals surface area contributed by atoms with E-state index in [4.69, 9.17) is 5.73 Å². The van der Waals surface area contributed by atoms with Gasteiger partial charge in [0.05, 0.1) is 5.69 Å². The Morgan fingerprint density at radius 3 is 2.68 bits per heavy atom. The summed E-state index contributed by atoms with van der Waals surface area (Å²) in [6.07, 6.45) is 2.76. The summed E-state index contributed by atoms with van der Waals surface area (Å²) in [6.45, 7) is -0.0566. The molecule has 1 amide bonds. The molecule has 0 saturated carbocycles. The van der Waals surface area contributed by atoms with Gasteiger partial charge in [0.2, 0.25) is 5.78 Å². The third kappa shape index (κ3) is 3.46. The molecule has 0 fully saturated rings. The van der Waals surface area contributed by atoms with Gasteiger partial charge < -0.3 is 21.5 Å². The number of hydrogen-bond donors (Lipinski definition) is 4. The molecule has 2 aromatic carbocycles. The van der Waals surface area contributed by atoms with E-state index < -0.39 is 28.6 Å². The highest BCUT2D eigenvalue weighted by atomic mass is 19.1. The number of imidazole rings is 1. The molecule has 2 aromatic heterocycles. The molecule has 4 aromatic rings. The number of carboxylic acids is 1. The Morgan fingerprint density at radius 1 is 1.19 bits per heavy atom. The number of halogens is 1. The number of benzene rings is 1. The molecule has 0 aliphatic rings. The van der Waals surface area contributed by atoms with Crippen molar-refractivity contribution in [2.75, 3.05) is 11.1 Å². The monoisotopic (exact) mass is 424 g/mol. The second-order valence-electron chi connectivity index (χ2n) is 6.50. The van der Waals surface area contributed by atoms with Crippen molar-refractivity contribution < 1.29 is 19.1 Å². The highest BCUT2D eigenvalue weighted by Gasteiger charge is 2.20. The maximum absolute atomic E-state index is 14.1. The van der Waals surface area contributed by atoms with Gasteiger partial charge in [0.15, 0.2) is 0 Å². The Bertz CT molecular complexity index is 1440. The van der Waals surface area contributed by atoms with Crippen LogP contribution in [0.1, 0.15) is 26.5 Å². The number of rotatable bonds is 6. The Balaban J connectivity index is 1.52. The second kappa shape index (κ2) is 7.33. The molecule has 0 aliphatic heterocycles. The number of aromatic carboxylic acids is 1. The van der Waals surface area contributed by atoms with Crippen LogP contribution in [-0.4, -0.2) is 31.4 Å². The van der Waals surface area contributed by atoms with Crippen molar-refractivity contribution in [1.82, 2.24) is 19.7 Å². The summed E-state index contributed by atoms with van der Waals surface area (Å²) in [5.41, 5.74) is 3.28. The summed E-state index contributed by atoms with van der Waals surface area (Å²) in [6, 6.07) is 4.96. The standard InChI is InChI=1S/C19H13FN6O5/c20-9-2-1-8(5-10(9)24-14-13(21)15(27)16(14)28)7-23-17(29)11-6-12(18(30)31)26-4-3-22-19(26)25-11/h1-6,24H,7,21H2,(H,23,29)(H,30,31). The van der Waals surface area contributed by atoms with Crippen LogP contribution < -0.4 is 27.2 Å². The summed E-state index contributed by atoms with van der Waals surface area (Å²) >= 11 is 0. The molecule has 2 heterocycles. The molecular formula is C19H13FN6O5. The first-order chi connectivity index (χ1) is 14.8. The first-order valence-corrected chi connectivity index (χ1v) is 8.76. The number of carbonyl (C=O) groups is 2. The normalized spacial score (nSPS) is 11.0. The van der Waals surface area contributed by atoms with Gasteiger partial charge in [-0.15, -0.1) is 0 Å². The van der Waals surface area contributed by atoms with Crippen LogP contribution in [-0.2, 0) is 6.54 Å². The van der Waals surface area contributed by atoms with Crippen molar-refractivity contribution in [2.45, 2.75) is 6.54 Å². The lowest BCUT2D eigenvalue weighted by atomic mass is 10.1. The first-order valence-electron chi connectivity index (χ1n) is 8.76. The molecule has 0 radical (unpaired) electrons. The van der Waals surface area contributed by atoms with E-state index in [9.17, 15) is 28.7 Å². The maximum Gasteiger partial charge on any atom is 0.353 e. The van der Waals surface area contributed by atoms with Crippen molar-refractivity contribution in [2.24, 2.45) is 0 Å². The minimum absolute atomic E-state index is 0.0453. The van der Waals surface area contributed by atoms with Crippen LogP contribution in [0, 0.1) is 5.82 Å². The quantitative estimate of drug-likeness (QED) is 0.320. The van der Waals surface area contributed by atoms with Gasteiger partial charge in [0, 0.05) is 25.0 Å². The summed E-state index contributed by atoms with van der Waals surface area (Å²) in [4.78, 5) is 54.5. The fourth-order valence-corrected chi connectivity index (χ4v) is 2.91. The largest absolute Gasteiger partial charge is 0.477 e. The van der Waals surface area contributed by atoms with Gasteiger partial charge in [0.1, 0.15) is 28.6 Å². The van der Waals surface area contributed by atoms with Gasteiger partial charge in [-0.2, -0.15) is 0 Å². The highest BCUT2D eigenvalue weighted by Crippen LogP contribution is 2.22. The lowest BCUT2D eigenvalue weighted by Gasteiger charge is -2.12. The number of amides is 1. The highest BCUT2D eigenvalue weighted by molar-refractivity contribution is 5.95. The zero-order valence-corrected chi connectivity index (χ0v) is 15.5. The van der Waals surface area contributed by atoms with E-state index in [0.29, 0.717) is 5.56 Å². The second-order valence-corrected chi connectivity index (χ2v) is 6.50. The number of carboxylic acid groups (broad SMARTS) is 1. The zero-order valence-electron chi connectivity index (χ0n) is 15.5. The Kier molecular flexibility index (Phi) is 4.66. The van der Waals surface area contributed by atoms with Crippen LogP contribution in [0.4, 0.5) is 21.5 Å². The van der Waals surface area contributed by atoms with Gasteiger partial charge in [-0.05, 0) is 17.7 Å². The Labute approximate surface area is 171 Å². The summed E-state index contributed by atoms with van der Waals surface area (Å²) < 4.78 is 15.3. The van der Waals surface area contributed by atoms with Gasteiger partial charge in [-0.3, -0.25) is 18.8 Å². The fourth-order valence-electron chi connectivity index (χ4n) is 2.91. The molecule has 0 saturated heterocycles. The molecule has 156 valence electrons. The van der Waals surface area contributed by atoms with Gasteiger partial charge in [0.25, 0.3) is 16.8 Å². The number of nitrogens with one attached hydrogen (secondary N) is 2. The number of nitrogens with two attached hydrogens (primary N) is 1. The SMILES string of the molecule is Nc1c(Nc2cc(CNC(=O)c3cc(C(=O)O)n4ccnc4n3)ccc2F)c(=O)c1=O. The van der Waals surface area contributed by atoms with E-state index in [1.807, 2.05) is 0 Å². The van der Waals surface area contributed by atoms with Crippen LogP contribution in [0.15, 0.2) is 46.2 Å². The maximum atomic E-state index is 14.1.